The molecule has 2 N–H and O–H groups in total. The molecule has 20 heavy (non-hydrogen) atoms. The van der Waals surface area contributed by atoms with Gasteiger partial charge in [0.15, 0.2) is 0 Å². The second-order valence-corrected chi connectivity index (χ2v) is 5.97. The Labute approximate surface area is 118 Å². The zero-order valence-corrected chi connectivity index (χ0v) is 12.1. The predicted molar refractivity (Wildman–Crippen MR) is 74.3 cm³/mol. The van der Waals surface area contributed by atoms with E-state index >= 15 is 0 Å². The van der Waals surface area contributed by atoms with E-state index in [1.807, 2.05) is 20.8 Å². The first-order valence-electron chi connectivity index (χ1n) is 6.69. The fourth-order valence-corrected chi connectivity index (χ4v) is 1.85. The number of nitrogens with zero attached hydrogens (tertiary/aromatic N) is 2. The lowest BCUT2D eigenvalue weighted by molar-refractivity contribution is 0.00516. The lowest BCUT2D eigenvalue weighted by atomic mass is 10.1. The lowest BCUT2D eigenvalue weighted by Gasteiger charge is -2.40. The van der Waals surface area contributed by atoms with Crippen LogP contribution in [0.2, 0.25) is 0 Å². The first-order valence-corrected chi connectivity index (χ1v) is 6.69. The number of rotatable bonds is 3. The normalized spacial score (nSPS) is 15.8. The molecule has 1 aliphatic rings. The second-order valence-electron chi connectivity index (χ2n) is 5.97. The molecule has 110 valence electrons. The molecule has 2 heterocycles. The van der Waals surface area contributed by atoms with Crippen molar-refractivity contribution in [3.8, 4) is 5.75 Å². The average Bonchev–Trinajstić information content (AvgIpc) is 2.27. The van der Waals surface area contributed by atoms with Crippen LogP contribution < -0.4 is 5.32 Å². The molecule has 0 unspecified atom stereocenters. The molecule has 0 bridgehead atoms. The van der Waals surface area contributed by atoms with Crippen molar-refractivity contribution in [3.63, 3.8) is 0 Å². The van der Waals surface area contributed by atoms with Gasteiger partial charge >= 0.3 is 6.09 Å². The molecule has 0 saturated carbocycles. The second kappa shape index (κ2) is 5.66. The maximum atomic E-state index is 11.7. The van der Waals surface area contributed by atoms with Crippen LogP contribution in [0, 0.1) is 0 Å². The smallest absolute Gasteiger partial charge is 0.410 e. The minimum atomic E-state index is -0.453. The summed E-state index contributed by atoms with van der Waals surface area (Å²) in [6.45, 7) is 7.48. The van der Waals surface area contributed by atoms with Crippen LogP contribution in [0.5, 0.6) is 5.75 Å². The van der Waals surface area contributed by atoms with Crippen LogP contribution in [-0.2, 0) is 11.3 Å². The van der Waals surface area contributed by atoms with E-state index in [9.17, 15) is 4.79 Å². The number of ether oxygens (including phenoxy) is 1. The van der Waals surface area contributed by atoms with Crippen LogP contribution >= 0.6 is 0 Å². The summed E-state index contributed by atoms with van der Waals surface area (Å²) in [5.41, 5.74) is 0.407. The number of amides is 1. The third kappa shape index (κ3) is 4.09. The third-order valence-electron chi connectivity index (χ3n) is 2.91. The highest BCUT2D eigenvalue weighted by Gasteiger charge is 2.33. The van der Waals surface area contributed by atoms with Gasteiger partial charge in [-0.05, 0) is 32.9 Å². The topological polar surface area (TPSA) is 74.7 Å². The van der Waals surface area contributed by atoms with Gasteiger partial charge in [-0.15, -0.1) is 0 Å². The van der Waals surface area contributed by atoms with Gasteiger partial charge < -0.3 is 20.1 Å². The fourth-order valence-electron chi connectivity index (χ4n) is 1.85. The summed E-state index contributed by atoms with van der Waals surface area (Å²) in [6.07, 6.45) is 1.16. The van der Waals surface area contributed by atoms with Crippen molar-refractivity contribution in [2.45, 2.75) is 39.0 Å². The van der Waals surface area contributed by atoms with Crippen LogP contribution in [0.1, 0.15) is 26.5 Å². The monoisotopic (exact) mass is 279 g/mol. The van der Waals surface area contributed by atoms with Crippen LogP contribution in [0.25, 0.3) is 0 Å². The molecular formula is C14H21N3O3. The zero-order valence-electron chi connectivity index (χ0n) is 12.1. The quantitative estimate of drug-likeness (QED) is 0.877. The molecule has 1 fully saturated rings. The van der Waals surface area contributed by atoms with Crippen molar-refractivity contribution in [3.05, 3.63) is 24.0 Å². The van der Waals surface area contributed by atoms with Gasteiger partial charge in [-0.25, -0.2) is 4.79 Å². The predicted octanol–water partition coefficient (Wildman–Crippen LogP) is 1.50. The van der Waals surface area contributed by atoms with Crippen LogP contribution in [0.4, 0.5) is 4.79 Å². The highest BCUT2D eigenvalue weighted by atomic mass is 16.6. The Morgan fingerprint density at radius 2 is 2.20 bits per heavy atom. The highest BCUT2D eigenvalue weighted by molar-refractivity contribution is 5.69. The molecule has 2 rings (SSSR count). The minimum absolute atomic E-state index is 0.161. The van der Waals surface area contributed by atoms with Crippen molar-refractivity contribution < 1.29 is 14.6 Å². The van der Waals surface area contributed by atoms with Gasteiger partial charge in [0.1, 0.15) is 11.4 Å². The number of aromatic hydroxyl groups is 1. The summed E-state index contributed by atoms with van der Waals surface area (Å²) in [6, 6.07) is 3.64. The van der Waals surface area contributed by atoms with Gasteiger partial charge in [-0.1, -0.05) is 0 Å². The first-order chi connectivity index (χ1) is 9.33. The molecule has 6 nitrogen and oxygen atoms in total. The van der Waals surface area contributed by atoms with Gasteiger partial charge in [-0.2, -0.15) is 0 Å². The Hall–Kier alpha value is -1.82. The summed E-state index contributed by atoms with van der Waals surface area (Å²) in [5, 5.41) is 12.4. The van der Waals surface area contributed by atoms with E-state index in [1.165, 1.54) is 6.20 Å². The van der Waals surface area contributed by atoms with Crippen molar-refractivity contribution in [2.24, 2.45) is 0 Å². The number of carbonyl (C=O) groups excluding carboxylic acids is 1. The summed E-state index contributed by atoms with van der Waals surface area (Å²) in [5.74, 6) is 0.161. The first kappa shape index (κ1) is 14.6. The molecule has 0 aliphatic carbocycles. The zero-order chi connectivity index (χ0) is 14.8. The molecular weight excluding hydrogens is 258 g/mol. The Kier molecular flexibility index (Phi) is 4.13. The largest absolute Gasteiger partial charge is 0.506 e. The van der Waals surface area contributed by atoms with E-state index < -0.39 is 5.60 Å². The molecule has 1 amide bonds. The molecule has 0 aromatic carbocycles. The van der Waals surface area contributed by atoms with E-state index in [4.69, 9.17) is 9.84 Å². The number of carbonyl (C=O) groups is 1. The third-order valence-corrected chi connectivity index (χ3v) is 2.91. The Balaban J connectivity index is 1.69. The van der Waals surface area contributed by atoms with E-state index in [-0.39, 0.29) is 17.9 Å². The molecule has 1 saturated heterocycles. The molecule has 1 aromatic heterocycles. The number of pyridine rings is 1. The Bertz CT molecular complexity index is 462. The van der Waals surface area contributed by atoms with Crippen molar-refractivity contribution in [2.75, 3.05) is 13.1 Å². The van der Waals surface area contributed by atoms with Crippen molar-refractivity contribution in [1.29, 1.82) is 0 Å². The van der Waals surface area contributed by atoms with Crippen molar-refractivity contribution >= 4 is 6.09 Å². The molecule has 1 aliphatic heterocycles. The van der Waals surface area contributed by atoms with Gasteiger partial charge in [0.2, 0.25) is 0 Å². The Morgan fingerprint density at radius 1 is 1.50 bits per heavy atom. The summed E-state index contributed by atoms with van der Waals surface area (Å²) in [7, 11) is 0. The molecule has 0 radical (unpaired) electrons. The van der Waals surface area contributed by atoms with Crippen LogP contribution in [0.15, 0.2) is 18.3 Å². The lowest BCUT2D eigenvalue weighted by Crippen LogP contribution is -2.60. The van der Waals surface area contributed by atoms with E-state index in [2.05, 4.69) is 10.3 Å². The number of hydrogen-bond donors (Lipinski definition) is 2. The maximum Gasteiger partial charge on any atom is 0.410 e. The molecule has 0 spiro atoms. The van der Waals surface area contributed by atoms with Gasteiger partial charge in [0, 0.05) is 25.7 Å². The summed E-state index contributed by atoms with van der Waals surface area (Å²) < 4.78 is 5.28. The number of nitrogens with one attached hydrogen (secondary N) is 1. The summed E-state index contributed by atoms with van der Waals surface area (Å²) in [4.78, 5) is 17.5. The molecule has 1 aromatic rings. The highest BCUT2D eigenvalue weighted by Crippen LogP contribution is 2.15. The maximum absolute atomic E-state index is 11.7. The Morgan fingerprint density at radius 3 is 2.75 bits per heavy atom. The van der Waals surface area contributed by atoms with E-state index in [0.717, 1.165) is 5.69 Å². The van der Waals surface area contributed by atoms with E-state index in [0.29, 0.717) is 19.6 Å². The molecule has 0 atom stereocenters. The fraction of sp³-hybridized carbons (Fsp3) is 0.571. The van der Waals surface area contributed by atoms with Gasteiger partial charge in [0.25, 0.3) is 0 Å². The minimum Gasteiger partial charge on any atom is -0.506 e. The van der Waals surface area contributed by atoms with Crippen LogP contribution in [-0.4, -0.2) is 45.8 Å². The number of hydrogen-bond acceptors (Lipinski definition) is 5. The number of aromatic nitrogens is 1. The summed E-state index contributed by atoms with van der Waals surface area (Å²) >= 11 is 0. The van der Waals surface area contributed by atoms with E-state index in [1.54, 1.807) is 17.0 Å². The van der Waals surface area contributed by atoms with Gasteiger partial charge in [0.05, 0.1) is 11.9 Å². The van der Waals surface area contributed by atoms with Gasteiger partial charge in [-0.3, -0.25) is 4.98 Å². The standard InChI is InChI=1S/C14H21N3O3/c1-14(2,3)20-13(19)17-8-11(9-17)15-6-10-4-5-12(18)7-16-10/h4-5,7,11,15,18H,6,8-9H2,1-3H3. The SMILES string of the molecule is CC(C)(C)OC(=O)N1CC(NCc2ccc(O)cn2)C1. The average molecular weight is 279 g/mol. The molecule has 6 heteroatoms. The van der Waals surface area contributed by atoms with Crippen LogP contribution in [0.3, 0.4) is 0 Å². The number of likely N-dealkylation sites (tertiary alicyclic amines) is 1. The van der Waals surface area contributed by atoms with Crippen molar-refractivity contribution in [1.82, 2.24) is 15.2 Å².